The Hall–Kier alpha value is -3.39. The molecule has 34 heavy (non-hydrogen) atoms. The lowest BCUT2D eigenvalue weighted by Gasteiger charge is -2.19. The Bertz CT molecular complexity index is 978. The zero-order chi connectivity index (χ0) is 24.7. The Morgan fingerprint density at radius 2 is 1.62 bits per heavy atom. The number of carboxylic acid groups (broad SMARTS) is 1. The van der Waals surface area contributed by atoms with Crippen molar-refractivity contribution in [2.45, 2.75) is 31.7 Å². The van der Waals surface area contributed by atoms with Crippen LogP contribution in [-0.4, -0.2) is 67.8 Å². The molecule has 0 saturated heterocycles. The predicted octanol–water partition coefficient (Wildman–Crippen LogP) is 3.07. The highest BCUT2D eigenvalue weighted by atomic mass is 16.5. The van der Waals surface area contributed by atoms with Crippen LogP contribution in [0.25, 0.3) is 11.1 Å². The Kier molecular flexibility index (Phi) is 8.65. The van der Waals surface area contributed by atoms with Crippen molar-refractivity contribution in [1.29, 1.82) is 0 Å². The molecular formula is C26H33N3O5. The minimum Gasteiger partial charge on any atom is -0.480 e. The number of rotatable bonds is 11. The van der Waals surface area contributed by atoms with E-state index in [2.05, 4.69) is 34.9 Å². The molecular weight excluding hydrogens is 434 g/mol. The van der Waals surface area contributed by atoms with E-state index in [0.29, 0.717) is 13.0 Å². The van der Waals surface area contributed by atoms with Gasteiger partial charge in [-0.3, -0.25) is 4.79 Å². The van der Waals surface area contributed by atoms with Gasteiger partial charge in [-0.15, -0.1) is 0 Å². The molecule has 0 fully saturated rings. The number of fused-ring (bicyclic) bond motifs is 3. The molecule has 1 aliphatic carbocycles. The number of carbonyl (C=O) groups excluding carboxylic acids is 2. The van der Waals surface area contributed by atoms with E-state index >= 15 is 0 Å². The van der Waals surface area contributed by atoms with Crippen molar-refractivity contribution < 1.29 is 24.2 Å². The first kappa shape index (κ1) is 25.2. The van der Waals surface area contributed by atoms with Gasteiger partial charge in [0.25, 0.3) is 0 Å². The van der Waals surface area contributed by atoms with Gasteiger partial charge in [-0.25, -0.2) is 9.59 Å². The summed E-state index contributed by atoms with van der Waals surface area (Å²) in [5, 5.41) is 14.6. The van der Waals surface area contributed by atoms with Gasteiger partial charge in [-0.2, -0.15) is 0 Å². The third kappa shape index (κ3) is 6.57. The largest absolute Gasteiger partial charge is 0.480 e. The van der Waals surface area contributed by atoms with E-state index in [-0.39, 0.29) is 37.3 Å². The zero-order valence-corrected chi connectivity index (χ0v) is 19.9. The van der Waals surface area contributed by atoms with Gasteiger partial charge >= 0.3 is 12.1 Å². The van der Waals surface area contributed by atoms with E-state index in [9.17, 15) is 19.5 Å². The molecule has 2 aromatic carbocycles. The summed E-state index contributed by atoms with van der Waals surface area (Å²) in [5.41, 5.74) is 4.61. The molecule has 0 bridgehead atoms. The summed E-state index contributed by atoms with van der Waals surface area (Å²) in [4.78, 5) is 37.8. The Morgan fingerprint density at radius 1 is 1.03 bits per heavy atom. The van der Waals surface area contributed by atoms with E-state index in [1.807, 2.05) is 50.2 Å². The lowest BCUT2D eigenvalue weighted by molar-refractivity contribution is -0.142. The smallest absolute Gasteiger partial charge is 0.407 e. The fraction of sp³-hybridized carbons (Fsp3) is 0.423. The Balaban J connectivity index is 1.45. The summed E-state index contributed by atoms with van der Waals surface area (Å²) < 4.78 is 5.51. The van der Waals surface area contributed by atoms with Crippen molar-refractivity contribution in [3.8, 4) is 11.1 Å². The summed E-state index contributed by atoms with van der Waals surface area (Å²) >= 11 is 0. The molecule has 2 atom stereocenters. The number of aliphatic carboxylic acids is 1. The molecule has 0 saturated carbocycles. The molecule has 1 aliphatic rings. The third-order valence-corrected chi connectivity index (χ3v) is 5.97. The highest BCUT2D eigenvalue weighted by Gasteiger charge is 2.29. The summed E-state index contributed by atoms with van der Waals surface area (Å²) in [6.07, 6.45) is -0.112. The lowest BCUT2D eigenvalue weighted by Crippen LogP contribution is -2.43. The maximum Gasteiger partial charge on any atom is 0.407 e. The summed E-state index contributed by atoms with van der Waals surface area (Å²) in [6.45, 7) is 2.84. The molecule has 0 heterocycles. The summed E-state index contributed by atoms with van der Waals surface area (Å²) in [7, 11) is 3.69. The molecule has 2 unspecified atom stereocenters. The van der Waals surface area contributed by atoms with Crippen LogP contribution in [0.15, 0.2) is 48.5 Å². The van der Waals surface area contributed by atoms with Crippen LogP contribution in [0.5, 0.6) is 0 Å². The minimum atomic E-state index is -1.06. The van der Waals surface area contributed by atoms with Gasteiger partial charge in [-0.1, -0.05) is 55.5 Å². The van der Waals surface area contributed by atoms with Crippen molar-refractivity contribution in [2.75, 3.05) is 33.8 Å². The van der Waals surface area contributed by atoms with E-state index in [1.54, 1.807) is 0 Å². The number of hydrogen-bond donors (Lipinski definition) is 3. The number of alkyl carbamates (subject to hydrolysis) is 1. The number of carboxylic acids is 1. The fourth-order valence-electron chi connectivity index (χ4n) is 4.19. The molecule has 0 radical (unpaired) electrons. The molecule has 3 rings (SSSR count). The maximum absolute atomic E-state index is 12.3. The molecule has 8 heteroatoms. The molecule has 0 aromatic heterocycles. The second-order valence-electron chi connectivity index (χ2n) is 9.07. The maximum atomic E-state index is 12.3. The van der Waals surface area contributed by atoms with Gasteiger partial charge in [-0.05, 0) is 48.7 Å². The third-order valence-electron chi connectivity index (χ3n) is 5.97. The van der Waals surface area contributed by atoms with Gasteiger partial charge < -0.3 is 25.4 Å². The average Bonchev–Trinajstić information content (AvgIpc) is 3.12. The highest BCUT2D eigenvalue weighted by Crippen LogP contribution is 2.44. The van der Waals surface area contributed by atoms with Crippen LogP contribution in [0.4, 0.5) is 4.79 Å². The van der Waals surface area contributed by atoms with Crippen molar-refractivity contribution in [1.82, 2.24) is 15.5 Å². The summed E-state index contributed by atoms with van der Waals surface area (Å²) in [5.74, 6) is -1.60. The average molecular weight is 468 g/mol. The highest BCUT2D eigenvalue weighted by molar-refractivity contribution is 5.83. The quantitative estimate of drug-likeness (QED) is 0.469. The standard InChI is InChI=1S/C26H33N3O5/c1-17(14-24(30)28-23(25(31)32)12-13-29(2)3)15-27-26(33)34-16-22-20-10-6-4-8-18(20)19-9-5-7-11-21(19)22/h4-11,17,22-23H,12-16H2,1-3H3,(H,27,33)(H,28,30)(H,31,32). The van der Waals surface area contributed by atoms with E-state index in [1.165, 1.54) is 0 Å². The predicted molar refractivity (Wildman–Crippen MR) is 130 cm³/mol. The number of carbonyl (C=O) groups is 3. The first-order chi connectivity index (χ1) is 16.3. The number of amides is 2. The number of hydrogen-bond acceptors (Lipinski definition) is 5. The fourth-order valence-corrected chi connectivity index (χ4v) is 4.19. The monoisotopic (exact) mass is 467 g/mol. The normalized spacial score (nSPS) is 14.1. The molecule has 8 nitrogen and oxygen atoms in total. The van der Waals surface area contributed by atoms with Crippen LogP contribution in [-0.2, 0) is 14.3 Å². The van der Waals surface area contributed by atoms with Crippen molar-refractivity contribution >= 4 is 18.0 Å². The Morgan fingerprint density at radius 3 is 2.18 bits per heavy atom. The van der Waals surface area contributed by atoms with Crippen molar-refractivity contribution in [2.24, 2.45) is 5.92 Å². The lowest BCUT2D eigenvalue weighted by atomic mass is 9.98. The molecule has 182 valence electrons. The van der Waals surface area contributed by atoms with Crippen LogP contribution in [0.3, 0.4) is 0 Å². The van der Waals surface area contributed by atoms with Crippen molar-refractivity contribution in [3.63, 3.8) is 0 Å². The minimum absolute atomic E-state index is 0.0172. The SMILES string of the molecule is CC(CNC(=O)OCC1c2ccccc2-c2ccccc21)CC(=O)NC(CCN(C)C)C(=O)O. The Labute approximate surface area is 200 Å². The number of nitrogens with one attached hydrogen (secondary N) is 2. The van der Waals surface area contributed by atoms with Crippen LogP contribution in [0.1, 0.15) is 36.8 Å². The van der Waals surface area contributed by atoms with Crippen LogP contribution in [0, 0.1) is 5.92 Å². The second kappa shape index (κ2) is 11.7. The first-order valence-electron chi connectivity index (χ1n) is 11.5. The van der Waals surface area contributed by atoms with Crippen LogP contribution in [0.2, 0.25) is 0 Å². The van der Waals surface area contributed by atoms with E-state index in [0.717, 1.165) is 22.3 Å². The van der Waals surface area contributed by atoms with Gasteiger partial charge in [0.15, 0.2) is 0 Å². The second-order valence-corrected chi connectivity index (χ2v) is 9.07. The zero-order valence-electron chi connectivity index (χ0n) is 19.9. The molecule has 2 amide bonds. The molecule has 0 aliphatic heterocycles. The van der Waals surface area contributed by atoms with Crippen molar-refractivity contribution in [3.05, 3.63) is 59.7 Å². The van der Waals surface area contributed by atoms with Gasteiger partial charge in [0.05, 0.1) is 0 Å². The van der Waals surface area contributed by atoms with Crippen LogP contribution < -0.4 is 10.6 Å². The van der Waals surface area contributed by atoms with E-state index < -0.39 is 18.1 Å². The first-order valence-corrected chi connectivity index (χ1v) is 11.5. The molecule has 3 N–H and O–H groups in total. The molecule has 0 spiro atoms. The van der Waals surface area contributed by atoms with Crippen LogP contribution >= 0.6 is 0 Å². The number of ether oxygens (including phenoxy) is 1. The number of nitrogens with zero attached hydrogens (tertiary/aromatic N) is 1. The van der Waals surface area contributed by atoms with Gasteiger partial charge in [0.2, 0.25) is 5.91 Å². The number of benzene rings is 2. The topological polar surface area (TPSA) is 108 Å². The van der Waals surface area contributed by atoms with Gasteiger partial charge in [0.1, 0.15) is 12.6 Å². The van der Waals surface area contributed by atoms with E-state index in [4.69, 9.17) is 4.74 Å². The summed E-state index contributed by atoms with van der Waals surface area (Å²) in [6, 6.07) is 15.3. The molecule has 2 aromatic rings. The van der Waals surface area contributed by atoms with Gasteiger partial charge in [0, 0.05) is 25.4 Å².